The maximum absolute atomic E-state index is 13.7. The van der Waals surface area contributed by atoms with Crippen LogP contribution in [0.15, 0.2) is 22.7 Å². The topological polar surface area (TPSA) is 92.8 Å². The number of benzene rings is 1. The van der Waals surface area contributed by atoms with Crippen molar-refractivity contribution in [2.45, 2.75) is 25.7 Å². The van der Waals surface area contributed by atoms with Gasteiger partial charge in [-0.15, -0.1) is 0 Å². The molecule has 1 N–H and O–H groups in total. The third kappa shape index (κ3) is 4.35. The van der Waals surface area contributed by atoms with Crippen molar-refractivity contribution in [2.75, 3.05) is 18.5 Å². The Morgan fingerprint density at radius 3 is 2.41 bits per heavy atom. The molecule has 0 bridgehead atoms. The Kier molecular flexibility index (Phi) is 5.88. The van der Waals surface area contributed by atoms with Crippen LogP contribution in [0.3, 0.4) is 0 Å². The lowest BCUT2D eigenvalue weighted by Crippen LogP contribution is -2.37. The Bertz CT molecular complexity index is 776. The van der Waals surface area contributed by atoms with E-state index in [2.05, 4.69) is 21.2 Å². The van der Waals surface area contributed by atoms with Gasteiger partial charge in [0.15, 0.2) is 6.61 Å². The number of ether oxygens (including phenoxy) is 1. The average Bonchev–Trinajstić information content (AvgIpc) is 2.88. The summed E-state index contributed by atoms with van der Waals surface area (Å²) in [6.45, 7) is -1.15. The minimum Gasteiger partial charge on any atom is -0.454 e. The lowest BCUT2D eigenvalue weighted by Gasteiger charge is -2.19. The van der Waals surface area contributed by atoms with Crippen LogP contribution in [0, 0.1) is 17.7 Å². The molecule has 0 spiro atoms. The molecule has 1 saturated carbocycles. The highest BCUT2D eigenvalue weighted by Crippen LogP contribution is 2.37. The summed E-state index contributed by atoms with van der Waals surface area (Å²) in [5.74, 6) is -3.60. The Morgan fingerprint density at radius 2 is 1.81 bits per heavy atom. The molecule has 1 aromatic carbocycles. The van der Waals surface area contributed by atoms with Gasteiger partial charge in [-0.2, -0.15) is 0 Å². The number of anilines is 1. The third-order valence-corrected chi connectivity index (χ3v) is 5.28. The van der Waals surface area contributed by atoms with Crippen molar-refractivity contribution >= 4 is 45.3 Å². The quantitative estimate of drug-likeness (QED) is 0.559. The van der Waals surface area contributed by atoms with E-state index in [4.69, 9.17) is 4.74 Å². The van der Waals surface area contributed by atoms with Gasteiger partial charge in [0.05, 0.1) is 17.5 Å². The zero-order chi connectivity index (χ0) is 19.6. The van der Waals surface area contributed by atoms with Crippen LogP contribution in [0.25, 0.3) is 0 Å². The lowest BCUT2D eigenvalue weighted by atomic mass is 9.81. The molecule has 1 aliphatic heterocycles. The number of hydrogen-bond acceptors (Lipinski definition) is 5. The molecule has 1 aromatic rings. The summed E-state index contributed by atoms with van der Waals surface area (Å²) in [4.78, 5) is 49.3. The summed E-state index contributed by atoms with van der Waals surface area (Å²) >= 11 is 3.10. The smallest absolute Gasteiger partial charge is 0.326 e. The lowest BCUT2D eigenvalue weighted by molar-refractivity contribution is -0.154. The van der Waals surface area contributed by atoms with Crippen molar-refractivity contribution in [3.8, 4) is 0 Å². The van der Waals surface area contributed by atoms with Crippen molar-refractivity contribution in [3.05, 3.63) is 28.5 Å². The number of fused-ring (bicyclic) bond motifs is 1. The largest absolute Gasteiger partial charge is 0.454 e. The highest BCUT2D eigenvalue weighted by Gasteiger charge is 2.48. The van der Waals surface area contributed by atoms with Crippen molar-refractivity contribution in [1.82, 2.24) is 4.90 Å². The second-order valence-electron chi connectivity index (χ2n) is 6.59. The van der Waals surface area contributed by atoms with Crippen LogP contribution >= 0.6 is 15.9 Å². The van der Waals surface area contributed by atoms with E-state index in [1.54, 1.807) is 6.07 Å². The standard InChI is InChI=1S/C18H18BrFN2O5/c19-10-5-6-14(13(20)7-10)21-15(23)9-27-16(24)8-22-17(25)11-3-1-2-4-12(11)18(22)26/h5-7,11-12H,1-4,8-9H2,(H,21,23). The van der Waals surface area contributed by atoms with Gasteiger partial charge in [-0.25, -0.2) is 4.39 Å². The van der Waals surface area contributed by atoms with Gasteiger partial charge in [0.2, 0.25) is 11.8 Å². The highest BCUT2D eigenvalue weighted by atomic mass is 79.9. The molecule has 2 unspecified atom stereocenters. The Hall–Kier alpha value is -2.29. The molecule has 2 fully saturated rings. The van der Waals surface area contributed by atoms with Gasteiger partial charge >= 0.3 is 5.97 Å². The number of halogens is 2. The number of carbonyl (C=O) groups is 4. The number of amides is 3. The van der Waals surface area contributed by atoms with Crippen LogP contribution in [0.5, 0.6) is 0 Å². The number of likely N-dealkylation sites (tertiary alicyclic amines) is 1. The van der Waals surface area contributed by atoms with Crippen LogP contribution in [0.2, 0.25) is 0 Å². The van der Waals surface area contributed by atoms with E-state index >= 15 is 0 Å². The Morgan fingerprint density at radius 1 is 1.19 bits per heavy atom. The molecule has 144 valence electrons. The first kappa shape index (κ1) is 19.5. The van der Waals surface area contributed by atoms with E-state index < -0.39 is 30.8 Å². The van der Waals surface area contributed by atoms with E-state index in [9.17, 15) is 23.6 Å². The molecular weight excluding hydrogens is 423 g/mol. The van der Waals surface area contributed by atoms with Crippen LogP contribution in [-0.4, -0.2) is 41.7 Å². The fourth-order valence-corrected chi connectivity index (χ4v) is 3.82. The van der Waals surface area contributed by atoms with Crippen molar-refractivity contribution in [3.63, 3.8) is 0 Å². The number of esters is 1. The molecule has 2 aliphatic rings. The predicted octanol–water partition coefficient (Wildman–Crippen LogP) is 2.25. The molecule has 2 atom stereocenters. The summed E-state index contributed by atoms with van der Waals surface area (Å²) in [5.41, 5.74) is -0.0479. The van der Waals surface area contributed by atoms with Gasteiger partial charge in [0.1, 0.15) is 12.4 Å². The minimum atomic E-state index is -0.859. The van der Waals surface area contributed by atoms with Gasteiger partial charge in [-0.05, 0) is 31.0 Å². The summed E-state index contributed by atoms with van der Waals surface area (Å²) in [6.07, 6.45) is 3.10. The summed E-state index contributed by atoms with van der Waals surface area (Å²) in [5, 5.41) is 2.29. The molecule has 0 aromatic heterocycles. The maximum atomic E-state index is 13.7. The molecule has 27 heavy (non-hydrogen) atoms. The van der Waals surface area contributed by atoms with Crippen molar-refractivity contribution in [2.24, 2.45) is 11.8 Å². The molecular formula is C18H18BrFN2O5. The van der Waals surface area contributed by atoms with Crippen LogP contribution < -0.4 is 5.32 Å². The first-order valence-corrected chi connectivity index (χ1v) is 9.42. The van der Waals surface area contributed by atoms with Crippen molar-refractivity contribution < 1.29 is 28.3 Å². The van der Waals surface area contributed by atoms with Crippen LogP contribution in [0.1, 0.15) is 25.7 Å². The van der Waals surface area contributed by atoms with E-state index in [-0.39, 0.29) is 29.3 Å². The van der Waals surface area contributed by atoms with E-state index in [1.807, 2.05) is 0 Å². The number of imide groups is 1. The van der Waals surface area contributed by atoms with Gasteiger partial charge in [-0.3, -0.25) is 24.1 Å². The van der Waals surface area contributed by atoms with E-state index in [1.165, 1.54) is 12.1 Å². The molecule has 0 radical (unpaired) electrons. The molecule has 1 saturated heterocycles. The summed E-state index contributed by atoms with van der Waals surface area (Å²) in [6, 6.07) is 4.10. The highest BCUT2D eigenvalue weighted by molar-refractivity contribution is 9.10. The second-order valence-corrected chi connectivity index (χ2v) is 7.51. The molecule has 7 nitrogen and oxygen atoms in total. The number of rotatable bonds is 5. The molecule has 1 heterocycles. The Labute approximate surface area is 163 Å². The fourth-order valence-electron chi connectivity index (χ4n) is 3.48. The SMILES string of the molecule is O=C(COC(=O)CN1C(=O)C2CCCCC2C1=O)Nc1ccc(Br)cc1F. The first-order chi connectivity index (χ1) is 12.9. The summed E-state index contributed by atoms with van der Waals surface area (Å²) in [7, 11) is 0. The monoisotopic (exact) mass is 440 g/mol. The fraction of sp³-hybridized carbons (Fsp3) is 0.444. The zero-order valence-corrected chi connectivity index (χ0v) is 16.0. The van der Waals surface area contributed by atoms with Crippen LogP contribution in [-0.2, 0) is 23.9 Å². The number of nitrogens with one attached hydrogen (secondary N) is 1. The van der Waals surface area contributed by atoms with E-state index in [0.717, 1.165) is 17.7 Å². The zero-order valence-electron chi connectivity index (χ0n) is 14.4. The normalized spacial score (nSPS) is 21.8. The van der Waals surface area contributed by atoms with Crippen molar-refractivity contribution in [1.29, 1.82) is 0 Å². The first-order valence-electron chi connectivity index (χ1n) is 8.62. The number of hydrogen-bond donors (Lipinski definition) is 1. The van der Waals surface area contributed by atoms with Gasteiger partial charge < -0.3 is 10.1 Å². The summed E-state index contributed by atoms with van der Waals surface area (Å²) < 4.78 is 19.0. The maximum Gasteiger partial charge on any atom is 0.326 e. The second kappa shape index (κ2) is 8.16. The Balaban J connectivity index is 1.50. The van der Waals surface area contributed by atoms with Gasteiger partial charge in [0.25, 0.3) is 5.91 Å². The number of nitrogens with zero attached hydrogens (tertiary/aromatic N) is 1. The molecule has 3 rings (SSSR count). The minimum absolute atomic E-state index is 0.0479. The average molecular weight is 441 g/mol. The molecule has 3 amide bonds. The third-order valence-electron chi connectivity index (χ3n) is 4.79. The van der Waals surface area contributed by atoms with Gasteiger partial charge in [-0.1, -0.05) is 28.8 Å². The van der Waals surface area contributed by atoms with Crippen LogP contribution in [0.4, 0.5) is 10.1 Å². The predicted molar refractivity (Wildman–Crippen MR) is 95.9 cm³/mol. The van der Waals surface area contributed by atoms with E-state index in [0.29, 0.717) is 17.3 Å². The molecule has 1 aliphatic carbocycles. The molecule has 9 heteroatoms. The van der Waals surface area contributed by atoms with Gasteiger partial charge in [0, 0.05) is 4.47 Å². The number of carbonyl (C=O) groups excluding carboxylic acids is 4.